The van der Waals surface area contributed by atoms with Gasteiger partial charge in [-0.1, -0.05) is 19.9 Å². The number of nitrogens with one attached hydrogen (secondary N) is 1. The molecule has 1 N–H and O–H groups in total. The van der Waals surface area contributed by atoms with Crippen molar-refractivity contribution in [1.29, 1.82) is 0 Å². The number of fused-ring (bicyclic) bond motifs is 1. The summed E-state index contributed by atoms with van der Waals surface area (Å²) in [5.74, 6) is 1.87. The minimum Gasteiger partial charge on any atom is -0.497 e. The van der Waals surface area contributed by atoms with E-state index >= 15 is 0 Å². The Bertz CT molecular complexity index is 494. The van der Waals surface area contributed by atoms with Gasteiger partial charge in [0.05, 0.1) is 7.11 Å². The number of benzene rings is 1. The highest BCUT2D eigenvalue weighted by molar-refractivity contribution is 5.45. The summed E-state index contributed by atoms with van der Waals surface area (Å²) in [6.07, 6.45) is 2.16. The summed E-state index contributed by atoms with van der Waals surface area (Å²) in [4.78, 5) is 2.54. The average molecular weight is 290 g/mol. The Balaban J connectivity index is 2.00. The fraction of sp³-hybridized carbons (Fsp3) is 0.647. The monoisotopic (exact) mass is 290 g/mol. The molecule has 1 aromatic rings. The molecule has 2 unspecified atom stereocenters. The van der Waals surface area contributed by atoms with Crippen molar-refractivity contribution in [2.24, 2.45) is 0 Å². The van der Waals surface area contributed by atoms with Crippen LogP contribution in [0.5, 0.6) is 11.5 Å². The number of rotatable bonds is 4. The Hall–Kier alpha value is -1.26. The molecule has 3 rings (SSSR count). The van der Waals surface area contributed by atoms with E-state index < -0.39 is 0 Å². The maximum Gasteiger partial charge on any atom is 0.128 e. The first kappa shape index (κ1) is 14.7. The van der Waals surface area contributed by atoms with Crippen LogP contribution < -0.4 is 14.8 Å². The largest absolute Gasteiger partial charge is 0.497 e. The fourth-order valence-electron chi connectivity index (χ4n) is 3.71. The number of methoxy groups -OCH3 is 1. The zero-order chi connectivity index (χ0) is 14.9. The van der Waals surface area contributed by atoms with Crippen LogP contribution in [0.1, 0.15) is 38.3 Å². The second-order valence-electron chi connectivity index (χ2n) is 6.06. The summed E-state index contributed by atoms with van der Waals surface area (Å²) >= 11 is 0. The lowest BCUT2D eigenvalue weighted by Gasteiger charge is -2.43. The summed E-state index contributed by atoms with van der Waals surface area (Å²) in [6, 6.07) is 6.70. The van der Waals surface area contributed by atoms with E-state index in [-0.39, 0.29) is 5.60 Å². The average Bonchev–Trinajstić information content (AvgIpc) is 2.95. The van der Waals surface area contributed by atoms with E-state index in [1.165, 1.54) is 5.56 Å². The minimum atomic E-state index is -0.0490. The molecule has 1 spiro atoms. The molecule has 0 aromatic heterocycles. The van der Waals surface area contributed by atoms with Crippen LogP contribution in [0.3, 0.4) is 0 Å². The first-order chi connectivity index (χ1) is 10.2. The van der Waals surface area contributed by atoms with Crippen LogP contribution in [-0.2, 0) is 0 Å². The van der Waals surface area contributed by atoms with Crippen molar-refractivity contribution in [1.82, 2.24) is 10.2 Å². The van der Waals surface area contributed by atoms with Gasteiger partial charge in [0.2, 0.25) is 0 Å². The summed E-state index contributed by atoms with van der Waals surface area (Å²) in [6.45, 7) is 8.60. The lowest BCUT2D eigenvalue weighted by atomic mass is 9.85. The first-order valence-electron chi connectivity index (χ1n) is 8.03. The number of ether oxygens (including phenoxy) is 2. The van der Waals surface area contributed by atoms with Crippen molar-refractivity contribution in [3.8, 4) is 11.5 Å². The third-order valence-corrected chi connectivity index (χ3v) is 4.93. The Labute approximate surface area is 127 Å². The third kappa shape index (κ3) is 2.62. The Morgan fingerprint density at radius 1 is 1.38 bits per heavy atom. The molecule has 4 heteroatoms. The highest BCUT2D eigenvalue weighted by Gasteiger charge is 2.44. The summed E-state index contributed by atoms with van der Waals surface area (Å²) in [7, 11) is 1.71. The van der Waals surface area contributed by atoms with Gasteiger partial charge in [0.15, 0.2) is 0 Å². The van der Waals surface area contributed by atoms with Crippen LogP contribution in [-0.4, -0.2) is 43.8 Å². The Morgan fingerprint density at radius 3 is 2.81 bits per heavy atom. The predicted octanol–water partition coefficient (Wildman–Crippen LogP) is 2.59. The van der Waals surface area contributed by atoms with Crippen LogP contribution in [0.15, 0.2) is 18.2 Å². The Morgan fingerprint density at radius 2 is 2.19 bits per heavy atom. The van der Waals surface area contributed by atoms with Gasteiger partial charge in [0.25, 0.3) is 0 Å². The van der Waals surface area contributed by atoms with E-state index in [0.29, 0.717) is 6.04 Å². The second-order valence-corrected chi connectivity index (χ2v) is 6.06. The van der Waals surface area contributed by atoms with Crippen LogP contribution in [0.2, 0.25) is 0 Å². The number of hydrogen-bond donors (Lipinski definition) is 1. The molecule has 1 fully saturated rings. The van der Waals surface area contributed by atoms with Crippen molar-refractivity contribution in [3.63, 3.8) is 0 Å². The lowest BCUT2D eigenvalue weighted by molar-refractivity contribution is 0.0192. The van der Waals surface area contributed by atoms with Gasteiger partial charge in [-0.3, -0.25) is 4.90 Å². The van der Waals surface area contributed by atoms with E-state index in [2.05, 4.69) is 30.1 Å². The normalized spacial score (nSPS) is 27.7. The van der Waals surface area contributed by atoms with Gasteiger partial charge in [-0.2, -0.15) is 0 Å². The smallest absolute Gasteiger partial charge is 0.128 e. The molecular formula is C17H26N2O2. The molecule has 0 amide bonds. The molecule has 116 valence electrons. The highest BCUT2D eigenvalue weighted by Crippen LogP contribution is 2.45. The molecule has 0 bridgehead atoms. The minimum absolute atomic E-state index is 0.0490. The fourth-order valence-corrected chi connectivity index (χ4v) is 3.71. The van der Waals surface area contributed by atoms with Gasteiger partial charge in [0.1, 0.15) is 17.1 Å². The van der Waals surface area contributed by atoms with Gasteiger partial charge in [-0.05, 0) is 25.7 Å². The zero-order valence-corrected chi connectivity index (χ0v) is 13.3. The molecule has 2 aliphatic heterocycles. The summed E-state index contributed by atoms with van der Waals surface area (Å²) in [5, 5.41) is 3.46. The molecule has 2 atom stereocenters. The Kier molecular flexibility index (Phi) is 4.09. The topological polar surface area (TPSA) is 33.7 Å². The predicted molar refractivity (Wildman–Crippen MR) is 84.1 cm³/mol. The molecule has 0 aliphatic carbocycles. The maximum atomic E-state index is 6.42. The standard InChI is InChI=1S/C17H26N2O2/c1-4-19(5-2)15-11-17(8-9-18-12-17)21-16-10-13(20-3)6-7-14(15)16/h6-7,10,15,18H,4-5,8-9,11-12H2,1-3H3. The van der Waals surface area contributed by atoms with Crippen molar-refractivity contribution in [3.05, 3.63) is 23.8 Å². The van der Waals surface area contributed by atoms with Gasteiger partial charge in [0, 0.05) is 37.1 Å². The van der Waals surface area contributed by atoms with Crippen LogP contribution in [0, 0.1) is 0 Å². The molecular weight excluding hydrogens is 264 g/mol. The first-order valence-corrected chi connectivity index (χ1v) is 8.03. The molecule has 1 saturated heterocycles. The molecule has 1 aromatic carbocycles. The van der Waals surface area contributed by atoms with Crippen molar-refractivity contribution in [2.75, 3.05) is 33.3 Å². The second kappa shape index (κ2) is 5.85. The zero-order valence-electron chi connectivity index (χ0n) is 13.3. The van der Waals surface area contributed by atoms with Crippen molar-refractivity contribution < 1.29 is 9.47 Å². The van der Waals surface area contributed by atoms with Crippen molar-refractivity contribution >= 4 is 0 Å². The number of nitrogens with zero attached hydrogens (tertiary/aromatic N) is 1. The van der Waals surface area contributed by atoms with E-state index in [0.717, 1.165) is 50.5 Å². The van der Waals surface area contributed by atoms with Gasteiger partial charge in [-0.25, -0.2) is 0 Å². The van der Waals surface area contributed by atoms with Crippen molar-refractivity contribution in [2.45, 2.75) is 38.3 Å². The molecule has 0 radical (unpaired) electrons. The summed E-state index contributed by atoms with van der Waals surface area (Å²) in [5.41, 5.74) is 1.25. The maximum absolute atomic E-state index is 6.42. The van der Waals surface area contributed by atoms with Gasteiger partial charge >= 0.3 is 0 Å². The van der Waals surface area contributed by atoms with E-state index in [1.807, 2.05) is 12.1 Å². The van der Waals surface area contributed by atoms with E-state index in [1.54, 1.807) is 7.11 Å². The molecule has 2 heterocycles. The van der Waals surface area contributed by atoms with E-state index in [9.17, 15) is 0 Å². The molecule has 21 heavy (non-hydrogen) atoms. The molecule has 2 aliphatic rings. The molecule has 0 saturated carbocycles. The SMILES string of the molecule is CCN(CC)C1CC2(CCNC2)Oc2cc(OC)ccc21. The van der Waals surface area contributed by atoms with Crippen LogP contribution in [0.4, 0.5) is 0 Å². The molecule has 4 nitrogen and oxygen atoms in total. The highest BCUT2D eigenvalue weighted by atomic mass is 16.5. The van der Waals surface area contributed by atoms with Gasteiger partial charge < -0.3 is 14.8 Å². The van der Waals surface area contributed by atoms with Crippen LogP contribution >= 0.6 is 0 Å². The summed E-state index contributed by atoms with van der Waals surface area (Å²) < 4.78 is 11.8. The van der Waals surface area contributed by atoms with Gasteiger partial charge in [-0.15, -0.1) is 0 Å². The lowest BCUT2D eigenvalue weighted by Crippen LogP contribution is -2.46. The quantitative estimate of drug-likeness (QED) is 0.924. The van der Waals surface area contributed by atoms with E-state index in [4.69, 9.17) is 9.47 Å². The third-order valence-electron chi connectivity index (χ3n) is 4.93. The van der Waals surface area contributed by atoms with Crippen LogP contribution in [0.25, 0.3) is 0 Å². The number of hydrogen-bond acceptors (Lipinski definition) is 4.